The van der Waals surface area contributed by atoms with Crippen molar-refractivity contribution in [3.05, 3.63) is 30.1 Å². The van der Waals surface area contributed by atoms with E-state index < -0.39 is 0 Å². The molecule has 1 aromatic rings. The number of ether oxygens (including phenoxy) is 1. The Hall–Kier alpha value is -0.930. The molecule has 0 bridgehead atoms. The third kappa shape index (κ3) is 6.20. The molecule has 0 aromatic carbocycles. The molecule has 0 aliphatic heterocycles. The molecule has 15 heavy (non-hydrogen) atoms. The van der Waals surface area contributed by atoms with E-state index in [0.717, 1.165) is 19.6 Å². The third-order valence-corrected chi connectivity index (χ3v) is 2.04. The Morgan fingerprint density at radius 3 is 2.73 bits per heavy atom. The van der Waals surface area contributed by atoms with Crippen molar-refractivity contribution in [1.29, 1.82) is 0 Å². The van der Waals surface area contributed by atoms with Crippen LogP contribution in [0.3, 0.4) is 0 Å². The van der Waals surface area contributed by atoms with Crippen LogP contribution in [0.1, 0.15) is 25.8 Å². The first-order valence-electron chi connectivity index (χ1n) is 5.49. The van der Waals surface area contributed by atoms with Gasteiger partial charge in [0.1, 0.15) is 0 Å². The Morgan fingerprint density at radius 1 is 1.33 bits per heavy atom. The van der Waals surface area contributed by atoms with Crippen LogP contribution in [0.25, 0.3) is 0 Å². The molecule has 1 heterocycles. The highest BCUT2D eigenvalue weighted by Gasteiger charge is 1.93. The van der Waals surface area contributed by atoms with E-state index in [1.807, 2.05) is 12.1 Å². The van der Waals surface area contributed by atoms with Crippen molar-refractivity contribution in [3.8, 4) is 0 Å². The highest BCUT2D eigenvalue weighted by atomic mass is 16.5. The van der Waals surface area contributed by atoms with E-state index in [4.69, 9.17) is 4.74 Å². The average molecular weight is 208 g/mol. The van der Waals surface area contributed by atoms with Crippen LogP contribution in [0, 0.1) is 0 Å². The summed E-state index contributed by atoms with van der Waals surface area (Å²) in [6, 6.07) is 4.52. The summed E-state index contributed by atoms with van der Waals surface area (Å²) in [4.78, 5) is 3.96. The second-order valence-electron chi connectivity index (χ2n) is 3.87. The van der Waals surface area contributed by atoms with Gasteiger partial charge in [0.25, 0.3) is 0 Å². The van der Waals surface area contributed by atoms with Gasteiger partial charge in [-0.2, -0.15) is 0 Å². The maximum atomic E-state index is 5.53. The largest absolute Gasteiger partial charge is 0.377 e. The topological polar surface area (TPSA) is 34.1 Å². The van der Waals surface area contributed by atoms with E-state index in [0.29, 0.717) is 12.6 Å². The van der Waals surface area contributed by atoms with Crippen LogP contribution in [0.2, 0.25) is 0 Å². The first-order chi connectivity index (χ1) is 7.29. The predicted molar refractivity (Wildman–Crippen MR) is 61.6 cm³/mol. The molecule has 1 N–H and O–H groups in total. The van der Waals surface area contributed by atoms with Gasteiger partial charge in [0.05, 0.1) is 6.61 Å². The molecule has 0 saturated carbocycles. The van der Waals surface area contributed by atoms with Crippen molar-refractivity contribution in [1.82, 2.24) is 10.3 Å². The van der Waals surface area contributed by atoms with Gasteiger partial charge in [-0.3, -0.25) is 4.98 Å². The maximum absolute atomic E-state index is 5.53. The quantitative estimate of drug-likeness (QED) is 0.696. The van der Waals surface area contributed by atoms with Gasteiger partial charge in [0.15, 0.2) is 0 Å². The van der Waals surface area contributed by atoms with Gasteiger partial charge in [0, 0.05) is 25.0 Å². The normalized spacial score (nSPS) is 10.9. The van der Waals surface area contributed by atoms with Crippen LogP contribution in [0.5, 0.6) is 0 Å². The minimum Gasteiger partial charge on any atom is -0.377 e. The molecule has 0 spiro atoms. The molecule has 0 saturated heterocycles. The number of hydrogen-bond donors (Lipinski definition) is 1. The van der Waals surface area contributed by atoms with Gasteiger partial charge in [-0.15, -0.1) is 0 Å². The Balaban J connectivity index is 1.98. The molecule has 0 fully saturated rings. The summed E-state index contributed by atoms with van der Waals surface area (Å²) in [6.07, 6.45) is 4.64. The number of pyridine rings is 1. The Bertz CT molecular complexity index is 249. The zero-order chi connectivity index (χ0) is 10.9. The van der Waals surface area contributed by atoms with Gasteiger partial charge >= 0.3 is 0 Å². The lowest BCUT2D eigenvalue weighted by Gasteiger charge is -2.08. The van der Waals surface area contributed by atoms with Crippen LogP contribution in [-0.4, -0.2) is 24.2 Å². The molecule has 84 valence electrons. The van der Waals surface area contributed by atoms with Crippen LogP contribution in [-0.2, 0) is 11.3 Å². The molecular weight excluding hydrogens is 188 g/mol. The van der Waals surface area contributed by atoms with E-state index in [-0.39, 0.29) is 0 Å². The number of nitrogens with zero attached hydrogens (tertiary/aromatic N) is 1. The maximum Gasteiger partial charge on any atom is 0.0717 e. The van der Waals surface area contributed by atoms with E-state index in [2.05, 4.69) is 24.1 Å². The molecule has 0 aliphatic carbocycles. The summed E-state index contributed by atoms with van der Waals surface area (Å²) in [7, 11) is 0. The molecule has 1 aromatic heterocycles. The third-order valence-electron chi connectivity index (χ3n) is 2.04. The predicted octanol–water partition coefficient (Wildman–Crippen LogP) is 1.99. The lowest BCUT2D eigenvalue weighted by atomic mass is 10.3. The summed E-state index contributed by atoms with van der Waals surface area (Å²) >= 11 is 0. The zero-order valence-electron chi connectivity index (χ0n) is 9.57. The lowest BCUT2D eigenvalue weighted by molar-refractivity contribution is 0.118. The first kappa shape index (κ1) is 12.1. The summed E-state index contributed by atoms with van der Waals surface area (Å²) in [5.41, 5.74) is 1.18. The Labute approximate surface area is 91.9 Å². The van der Waals surface area contributed by atoms with Gasteiger partial charge in [-0.25, -0.2) is 0 Å². The van der Waals surface area contributed by atoms with E-state index in [9.17, 15) is 0 Å². The molecule has 0 unspecified atom stereocenters. The molecule has 3 nitrogen and oxygen atoms in total. The van der Waals surface area contributed by atoms with Gasteiger partial charge < -0.3 is 10.1 Å². The fourth-order valence-corrected chi connectivity index (χ4v) is 1.23. The molecule has 0 aliphatic rings. The number of nitrogens with one attached hydrogen (secondary N) is 1. The molecule has 0 atom stereocenters. The monoisotopic (exact) mass is 208 g/mol. The lowest BCUT2D eigenvalue weighted by Crippen LogP contribution is -2.24. The SMILES string of the molecule is CC(C)NCCCOCc1ccncc1. The Morgan fingerprint density at radius 2 is 2.07 bits per heavy atom. The van der Waals surface area contributed by atoms with Crippen molar-refractivity contribution in [2.75, 3.05) is 13.2 Å². The molecule has 0 radical (unpaired) electrons. The van der Waals surface area contributed by atoms with Crippen LogP contribution >= 0.6 is 0 Å². The van der Waals surface area contributed by atoms with Gasteiger partial charge in [-0.05, 0) is 30.7 Å². The smallest absolute Gasteiger partial charge is 0.0717 e. The highest BCUT2D eigenvalue weighted by molar-refractivity contribution is 5.07. The van der Waals surface area contributed by atoms with E-state index in [1.165, 1.54) is 5.56 Å². The van der Waals surface area contributed by atoms with Crippen molar-refractivity contribution in [2.45, 2.75) is 32.9 Å². The summed E-state index contributed by atoms with van der Waals surface area (Å²) in [5, 5.41) is 3.35. The van der Waals surface area contributed by atoms with E-state index in [1.54, 1.807) is 12.4 Å². The van der Waals surface area contributed by atoms with Crippen molar-refractivity contribution < 1.29 is 4.74 Å². The minimum absolute atomic E-state index is 0.560. The highest BCUT2D eigenvalue weighted by Crippen LogP contribution is 1.98. The van der Waals surface area contributed by atoms with E-state index >= 15 is 0 Å². The molecular formula is C12H20N2O. The number of aromatic nitrogens is 1. The molecule has 0 amide bonds. The first-order valence-corrected chi connectivity index (χ1v) is 5.49. The summed E-state index contributed by atoms with van der Waals surface area (Å²) in [5.74, 6) is 0. The van der Waals surface area contributed by atoms with Crippen molar-refractivity contribution in [2.24, 2.45) is 0 Å². The fourth-order valence-electron chi connectivity index (χ4n) is 1.23. The average Bonchev–Trinajstić information content (AvgIpc) is 2.24. The van der Waals surface area contributed by atoms with Crippen LogP contribution in [0.15, 0.2) is 24.5 Å². The summed E-state index contributed by atoms with van der Waals surface area (Å²) in [6.45, 7) is 6.82. The van der Waals surface area contributed by atoms with Crippen LogP contribution < -0.4 is 5.32 Å². The number of hydrogen-bond acceptors (Lipinski definition) is 3. The Kier molecular flexibility index (Phi) is 5.97. The van der Waals surface area contributed by atoms with Crippen molar-refractivity contribution in [3.63, 3.8) is 0 Å². The second kappa shape index (κ2) is 7.37. The number of rotatable bonds is 7. The van der Waals surface area contributed by atoms with Crippen molar-refractivity contribution >= 4 is 0 Å². The standard InChI is InChI=1S/C12H20N2O/c1-11(2)14-6-3-9-15-10-12-4-7-13-8-5-12/h4-5,7-8,11,14H,3,6,9-10H2,1-2H3. The zero-order valence-corrected chi connectivity index (χ0v) is 9.57. The fraction of sp³-hybridized carbons (Fsp3) is 0.583. The van der Waals surface area contributed by atoms with Gasteiger partial charge in [0.2, 0.25) is 0 Å². The minimum atomic E-state index is 0.560. The second-order valence-corrected chi connectivity index (χ2v) is 3.87. The van der Waals surface area contributed by atoms with Gasteiger partial charge in [-0.1, -0.05) is 13.8 Å². The molecule has 1 rings (SSSR count). The van der Waals surface area contributed by atoms with Crippen LogP contribution in [0.4, 0.5) is 0 Å². The molecule has 3 heteroatoms. The summed E-state index contributed by atoms with van der Waals surface area (Å²) < 4.78 is 5.53.